The molecule has 0 bridgehead atoms. The minimum Gasteiger partial charge on any atom is -0.379 e. The smallest absolute Gasteiger partial charge is 0.230 e. The van der Waals surface area contributed by atoms with E-state index in [0.717, 1.165) is 39.1 Å². The number of halogens is 1. The van der Waals surface area contributed by atoms with E-state index in [2.05, 4.69) is 20.4 Å². The van der Waals surface area contributed by atoms with Gasteiger partial charge in [0.1, 0.15) is 5.82 Å². The van der Waals surface area contributed by atoms with Crippen molar-refractivity contribution in [3.05, 3.63) is 30.1 Å². The number of carbonyl (C=O) groups excluding carboxylic acids is 1. The van der Waals surface area contributed by atoms with Gasteiger partial charge >= 0.3 is 0 Å². The van der Waals surface area contributed by atoms with Gasteiger partial charge in [-0.15, -0.1) is 10.2 Å². The second-order valence-electron chi connectivity index (χ2n) is 8.11. The lowest BCUT2D eigenvalue weighted by Gasteiger charge is -2.48. The van der Waals surface area contributed by atoms with Crippen LogP contribution in [0, 0.1) is 5.82 Å². The van der Waals surface area contributed by atoms with Crippen LogP contribution in [0.3, 0.4) is 0 Å². The zero-order valence-electron chi connectivity index (χ0n) is 17.6. The number of rotatable bonds is 7. The van der Waals surface area contributed by atoms with Gasteiger partial charge in [0.15, 0.2) is 5.82 Å². The highest BCUT2D eigenvalue weighted by Crippen LogP contribution is 2.34. The van der Waals surface area contributed by atoms with E-state index in [1.807, 2.05) is 0 Å². The van der Waals surface area contributed by atoms with Crippen LogP contribution in [0.2, 0.25) is 0 Å². The van der Waals surface area contributed by atoms with Gasteiger partial charge in [0.2, 0.25) is 11.1 Å². The molecule has 2 aromatic rings. The van der Waals surface area contributed by atoms with Gasteiger partial charge in [-0.2, -0.15) is 0 Å². The molecule has 1 aliphatic heterocycles. The molecule has 168 valence electrons. The third-order valence-electron chi connectivity index (χ3n) is 6.19. The van der Waals surface area contributed by atoms with Crippen LogP contribution in [0.4, 0.5) is 4.39 Å². The zero-order valence-corrected chi connectivity index (χ0v) is 18.4. The van der Waals surface area contributed by atoms with Crippen LogP contribution in [0.1, 0.15) is 32.1 Å². The number of aromatic nitrogens is 3. The lowest BCUT2D eigenvalue weighted by molar-refractivity contribution is -0.119. The summed E-state index contributed by atoms with van der Waals surface area (Å²) in [6.45, 7) is 3.98. The SMILES string of the molecule is Nn1c(SCC(=O)NCC2(N3CCOCC3)CCCCC2)nnc1-c1ccccc1F. The number of hydrogen-bond donors (Lipinski definition) is 2. The molecule has 3 N–H and O–H groups in total. The molecule has 0 radical (unpaired) electrons. The Kier molecular flexibility index (Phi) is 7.09. The number of benzene rings is 1. The average molecular weight is 449 g/mol. The van der Waals surface area contributed by atoms with Crippen molar-refractivity contribution in [2.75, 3.05) is 44.4 Å². The monoisotopic (exact) mass is 448 g/mol. The number of nitrogen functional groups attached to an aromatic ring is 1. The largest absolute Gasteiger partial charge is 0.379 e. The standard InChI is InChI=1S/C21H29FN6O2S/c22-17-7-3-2-6-16(17)19-25-26-20(28(19)23)31-14-18(29)24-15-21(8-4-1-5-9-21)27-10-12-30-13-11-27/h2-3,6-7H,1,4-5,8-15,23H2,(H,24,29). The molecule has 1 saturated carbocycles. The molecule has 0 spiro atoms. The van der Waals surface area contributed by atoms with Crippen LogP contribution in [-0.4, -0.2) is 69.8 Å². The normalized spacial score (nSPS) is 19.3. The first-order chi connectivity index (χ1) is 15.1. The molecule has 2 aliphatic rings. The topological polar surface area (TPSA) is 98.3 Å². The first-order valence-electron chi connectivity index (χ1n) is 10.8. The first-order valence-corrected chi connectivity index (χ1v) is 11.8. The molecule has 2 heterocycles. The fraction of sp³-hybridized carbons (Fsp3) is 0.571. The van der Waals surface area contributed by atoms with Gasteiger partial charge in [0.05, 0.1) is 24.5 Å². The Morgan fingerprint density at radius 2 is 1.94 bits per heavy atom. The molecule has 4 rings (SSSR count). The molecule has 0 atom stereocenters. The Hall–Kier alpha value is -2.17. The van der Waals surface area contributed by atoms with Crippen molar-refractivity contribution < 1.29 is 13.9 Å². The maximum atomic E-state index is 14.0. The van der Waals surface area contributed by atoms with E-state index >= 15 is 0 Å². The number of morpholine rings is 1. The lowest BCUT2D eigenvalue weighted by atomic mass is 9.79. The molecule has 8 nitrogen and oxygen atoms in total. The first kappa shape index (κ1) is 22.0. The summed E-state index contributed by atoms with van der Waals surface area (Å²) >= 11 is 1.19. The summed E-state index contributed by atoms with van der Waals surface area (Å²) in [6.07, 6.45) is 5.84. The van der Waals surface area contributed by atoms with Crippen molar-refractivity contribution in [2.24, 2.45) is 0 Å². The quantitative estimate of drug-likeness (QED) is 0.494. The third-order valence-corrected chi connectivity index (χ3v) is 7.14. The van der Waals surface area contributed by atoms with Gasteiger partial charge in [0.25, 0.3) is 0 Å². The van der Waals surface area contributed by atoms with E-state index in [9.17, 15) is 9.18 Å². The van der Waals surface area contributed by atoms with Gasteiger partial charge < -0.3 is 15.9 Å². The van der Waals surface area contributed by atoms with E-state index < -0.39 is 5.82 Å². The molecule has 1 amide bonds. The van der Waals surface area contributed by atoms with Crippen molar-refractivity contribution in [1.82, 2.24) is 25.1 Å². The molecule has 1 saturated heterocycles. The van der Waals surface area contributed by atoms with E-state index in [0.29, 0.717) is 11.7 Å². The molecule has 31 heavy (non-hydrogen) atoms. The maximum Gasteiger partial charge on any atom is 0.230 e. The van der Waals surface area contributed by atoms with Crippen LogP contribution >= 0.6 is 11.8 Å². The second-order valence-corrected chi connectivity index (χ2v) is 9.05. The maximum absolute atomic E-state index is 14.0. The summed E-state index contributed by atoms with van der Waals surface area (Å²) in [5.74, 6) is 5.97. The Morgan fingerprint density at radius 3 is 2.68 bits per heavy atom. The predicted molar refractivity (Wildman–Crippen MR) is 118 cm³/mol. The van der Waals surface area contributed by atoms with Crippen LogP contribution in [0.15, 0.2) is 29.4 Å². The molecule has 1 aromatic heterocycles. The number of nitrogens with two attached hydrogens (primary N) is 1. The molecule has 1 aliphatic carbocycles. The van der Waals surface area contributed by atoms with E-state index in [1.54, 1.807) is 18.2 Å². The van der Waals surface area contributed by atoms with Crippen molar-refractivity contribution in [2.45, 2.75) is 42.8 Å². The molecule has 1 aromatic carbocycles. The summed E-state index contributed by atoms with van der Waals surface area (Å²) in [7, 11) is 0. The summed E-state index contributed by atoms with van der Waals surface area (Å²) in [5.41, 5.74) is 0.299. The fourth-order valence-corrected chi connectivity index (χ4v) is 5.18. The minimum absolute atomic E-state index is 0.0221. The fourth-order valence-electron chi connectivity index (χ4n) is 4.50. The van der Waals surface area contributed by atoms with Gasteiger partial charge in [-0.1, -0.05) is 43.2 Å². The highest BCUT2D eigenvalue weighted by molar-refractivity contribution is 7.99. The Morgan fingerprint density at radius 1 is 1.19 bits per heavy atom. The highest BCUT2D eigenvalue weighted by Gasteiger charge is 2.38. The van der Waals surface area contributed by atoms with Crippen molar-refractivity contribution in [3.8, 4) is 11.4 Å². The van der Waals surface area contributed by atoms with E-state index in [1.165, 1.54) is 41.8 Å². The van der Waals surface area contributed by atoms with Crippen molar-refractivity contribution >= 4 is 17.7 Å². The Bertz CT molecular complexity index is 896. The zero-order chi connectivity index (χ0) is 21.7. The predicted octanol–water partition coefficient (Wildman–Crippen LogP) is 2.04. The number of carbonyl (C=O) groups is 1. The highest BCUT2D eigenvalue weighted by atomic mass is 32.2. The van der Waals surface area contributed by atoms with Crippen LogP contribution < -0.4 is 11.2 Å². The van der Waals surface area contributed by atoms with E-state index in [4.69, 9.17) is 10.6 Å². The molecule has 0 unspecified atom stereocenters. The molecular weight excluding hydrogens is 419 g/mol. The molecular formula is C21H29FN6O2S. The summed E-state index contributed by atoms with van der Waals surface area (Å²) in [6, 6.07) is 6.26. The van der Waals surface area contributed by atoms with Crippen LogP contribution in [0.5, 0.6) is 0 Å². The summed E-state index contributed by atoms with van der Waals surface area (Å²) < 4.78 is 20.8. The van der Waals surface area contributed by atoms with Gasteiger partial charge in [-0.3, -0.25) is 9.69 Å². The molecule has 10 heteroatoms. The minimum atomic E-state index is -0.420. The number of ether oxygens (including phenoxy) is 1. The second kappa shape index (κ2) is 9.97. The Balaban J connectivity index is 1.34. The van der Waals surface area contributed by atoms with Crippen molar-refractivity contribution in [3.63, 3.8) is 0 Å². The Labute approximate surface area is 185 Å². The van der Waals surface area contributed by atoms with Gasteiger partial charge in [-0.25, -0.2) is 9.07 Å². The number of hydrogen-bond acceptors (Lipinski definition) is 7. The van der Waals surface area contributed by atoms with Crippen molar-refractivity contribution in [1.29, 1.82) is 0 Å². The number of thioether (sulfide) groups is 1. The third kappa shape index (κ3) is 5.02. The number of nitrogens with one attached hydrogen (secondary N) is 1. The summed E-state index contributed by atoms with van der Waals surface area (Å²) in [4.78, 5) is 15.1. The van der Waals surface area contributed by atoms with Crippen LogP contribution in [0.25, 0.3) is 11.4 Å². The number of amides is 1. The van der Waals surface area contributed by atoms with Gasteiger partial charge in [0, 0.05) is 25.2 Å². The molecule has 2 fully saturated rings. The average Bonchev–Trinajstić information content (AvgIpc) is 3.18. The van der Waals surface area contributed by atoms with Crippen LogP contribution in [-0.2, 0) is 9.53 Å². The van der Waals surface area contributed by atoms with E-state index in [-0.39, 0.29) is 28.6 Å². The van der Waals surface area contributed by atoms with Gasteiger partial charge in [-0.05, 0) is 25.0 Å². The summed E-state index contributed by atoms with van der Waals surface area (Å²) in [5, 5.41) is 11.5. The lowest BCUT2D eigenvalue weighted by Crippen LogP contribution is -2.59. The number of nitrogens with zero attached hydrogens (tertiary/aromatic N) is 4.